The maximum Gasteiger partial charge on any atom is 0.473 e. The molecule has 2 unspecified atom stereocenters. The topological polar surface area (TPSA) is 156 Å². The number of allylic oxidation sites excluding steroid dienone is 2. The summed E-state index contributed by atoms with van der Waals surface area (Å²) < 4.78 is 55.5. The highest BCUT2D eigenvalue weighted by Gasteiger charge is 2.53. The second-order valence-corrected chi connectivity index (χ2v) is 26.1. The van der Waals surface area contributed by atoms with Crippen molar-refractivity contribution < 1.29 is 56.6 Å². The summed E-state index contributed by atoms with van der Waals surface area (Å²) >= 11 is 0. The zero-order chi connectivity index (χ0) is 60.3. The summed E-state index contributed by atoms with van der Waals surface area (Å²) in [6.45, 7) is 7.28. The smallest absolute Gasteiger partial charge is 0.473 e. The van der Waals surface area contributed by atoms with Crippen molar-refractivity contribution in [3.8, 4) is 11.5 Å². The Labute approximate surface area is 511 Å². The second-order valence-electron chi connectivity index (χ2n) is 24.7. The van der Waals surface area contributed by atoms with Gasteiger partial charge in [-0.05, 0) is 74.6 Å². The lowest BCUT2D eigenvalue weighted by molar-refractivity contribution is -0.161. The number of phosphoric ester groups is 1. The monoisotopic (exact) mass is 1200 g/mol. The number of hydrogen-bond donors (Lipinski definition) is 1. The molecule has 0 amide bonds. The lowest BCUT2D eigenvalue weighted by Gasteiger charge is -2.46. The Morgan fingerprint density at radius 2 is 1.00 bits per heavy atom. The van der Waals surface area contributed by atoms with Crippen LogP contribution in [0.5, 0.6) is 11.5 Å². The number of unbranched alkanes of at least 4 members (excludes halogenated alkanes) is 35. The summed E-state index contributed by atoms with van der Waals surface area (Å²) in [5.74, 6) is -0.624. The van der Waals surface area contributed by atoms with Crippen molar-refractivity contribution in [3.63, 3.8) is 0 Å². The van der Waals surface area contributed by atoms with Gasteiger partial charge in [-0.3, -0.25) is 28.3 Å². The lowest BCUT2D eigenvalue weighted by atomic mass is 9.73. The van der Waals surface area contributed by atoms with Crippen molar-refractivity contribution in [1.29, 1.82) is 0 Å². The normalized spacial score (nSPS) is 18.5. The SMILES string of the molecule is CCCCCCCC/C=C\CCCCCCCC(=O)OC(COC(=O)CCCCCCCCCCCCCCC)COP(=O)(O)O[C@H]1C=C2CCN3Cc4cc(OC)c(OC)cc4[C@H]([C@@H]1OC(=O)CCCCCCCCCCCCCCC)[C@@H]23. The zero-order valence-electron chi connectivity index (χ0n) is 53.8. The maximum absolute atomic E-state index is 14.3. The van der Waals surface area contributed by atoms with Crippen molar-refractivity contribution in [3.05, 3.63) is 47.1 Å². The van der Waals surface area contributed by atoms with E-state index >= 15 is 0 Å². The molecule has 3 aliphatic rings. The summed E-state index contributed by atoms with van der Waals surface area (Å²) in [7, 11) is -1.76. The number of carbonyl (C=O) groups is 3. The van der Waals surface area contributed by atoms with Crippen molar-refractivity contribution in [2.45, 2.75) is 334 Å². The Hall–Kier alpha value is -3.22. The highest BCUT2D eigenvalue weighted by Crippen LogP contribution is 2.54. The molecule has 1 aliphatic carbocycles. The van der Waals surface area contributed by atoms with Gasteiger partial charge in [0.05, 0.1) is 20.8 Å². The summed E-state index contributed by atoms with van der Waals surface area (Å²) in [6.07, 6.45) is 50.3. The van der Waals surface area contributed by atoms with Gasteiger partial charge in [0.25, 0.3) is 0 Å². The minimum atomic E-state index is -4.95. The third kappa shape index (κ3) is 30.6. The number of rotatable bonds is 54. The molecule has 482 valence electrons. The molecule has 0 bridgehead atoms. The van der Waals surface area contributed by atoms with E-state index in [0.717, 1.165) is 100 Å². The number of carbonyl (C=O) groups excluding carboxylic acids is 3. The highest BCUT2D eigenvalue weighted by molar-refractivity contribution is 7.47. The minimum absolute atomic E-state index is 0.122. The van der Waals surface area contributed by atoms with Crippen LogP contribution in [0.3, 0.4) is 0 Å². The van der Waals surface area contributed by atoms with Crippen LogP contribution in [0, 0.1) is 0 Å². The van der Waals surface area contributed by atoms with Crippen LogP contribution in [0.25, 0.3) is 0 Å². The van der Waals surface area contributed by atoms with E-state index in [1.165, 1.54) is 154 Å². The predicted octanol–water partition coefficient (Wildman–Crippen LogP) is 19.2. The third-order valence-electron chi connectivity index (χ3n) is 17.5. The Morgan fingerprint density at radius 3 is 1.48 bits per heavy atom. The van der Waals surface area contributed by atoms with E-state index in [0.29, 0.717) is 43.7 Å². The van der Waals surface area contributed by atoms with Crippen molar-refractivity contribution in [2.24, 2.45) is 0 Å². The molecule has 2 aliphatic heterocycles. The first-order valence-corrected chi connectivity index (χ1v) is 36.1. The van der Waals surface area contributed by atoms with Gasteiger partial charge in [0.15, 0.2) is 17.6 Å². The molecule has 14 heteroatoms. The van der Waals surface area contributed by atoms with Crippen molar-refractivity contribution in [1.82, 2.24) is 4.90 Å². The van der Waals surface area contributed by atoms with E-state index < -0.39 is 56.6 Å². The van der Waals surface area contributed by atoms with Gasteiger partial charge in [-0.25, -0.2) is 4.57 Å². The Bertz CT molecular complexity index is 2030. The fourth-order valence-electron chi connectivity index (χ4n) is 12.6. The van der Waals surface area contributed by atoms with Crippen molar-refractivity contribution in [2.75, 3.05) is 34.0 Å². The van der Waals surface area contributed by atoms with E-state index in [4.69, 9.17) is 32.7 Å². The van der Waals surface area contributed by atoms with Gasteiger partial charge < -0.3 is 28.6 Å². The molecule has 4 rings (SSSR count). The first-order chi connectivity index (χ1) is 41.0. The molecular weight excluding hydrogens is 1080 g/mol. The zero-order valence-corrected chi connectivity index (χ0v) is 54.7. The second kappa shape index (κ2) is 46.0. The van der Waals surface area contributed by atoms with Crippen LogP contribution < -0.4 is 9.47 Å². The van der Waals surface area contributed by atoms with Crippen LogP contribution in [0.2, 0.25) is 0 Å². The Kier molecular flexibility index (Phi) is 40.1. The molecule has 84 heavy (non-hydrogen) atoms. The van der Waals surface area contributed by atoms with E-state index in [1.807, 2.05) is 18.2 Å². The van der Waals surface area contributed by atoms with Gasteiger partial charge in [0.2, 0.25) is 0 Å². The number of benzene rings is 1. The predicted molar refractivity (Wildman–Crippen MR) is 341 cm³/mol. The number of esters is 3. The van der Waals surface area contributed by atoms with Gasteiger partial charge in [-0.2, -0.15) is 0 Å². The third-order valence-corrected chi connectivity index (χ3v) is 18.5. The first-order valence-electron chi connectivity index (χ1n) is 34.6. The number of ether oxygens (including phenoxy) is 5. The van der Waals surface area contributed by atoms with Crippen LogP contribution in [0.1, 0.15) is 314 Å². The molecule has 13 nitrogen and oxygen atoms in total. The summed E-state index contributed by atoms with van der Waals surface area (Å²) in [4.78, 5) is 54.4. The standard InChI is InChI=1S/C70H120NO12P/c1-6-9-12-15-18-21-24-27-28-31-34-36-39-42-45-48-66(73)81-60(56-79-65(72)47-44-41-38-35-32-29-25-22-19-16-13-10-7-2)57-80-84(75,76)83-64-52-58-50-51-71-55-59-53-62(77-4)63(78-5)54-61(59)68(69(58)71)70(64)82-67(74)49-46-43-40-37-33-30-26-23-20-17-14-11-8-3/h27-28,52-54,60,64,68-70H,6-26,29-51,55-57H2,1-5H3,(H,75,76)/b28-27-/t60?,64-,68-,69+,70+/m0/s1. The Morgan fingerprint density at radius 1 is 0.571 bits per heavy atom. The maximum atomic E-state index is 14.3. The van der Waals surface area contributed by atoms with Crippen LogP contribution >= 0.6 is 7.82 Å². The van der Waals surface area contributed by atoms with E-state index in [1.54, 1.807) is 14.2 Å². The fourth-order valence-corrected chi connectivity index (χ4v) is 13.5. The van der Waals surface area contributed by atoms with E-state index in [2.05, 4.69) is 37.8 Å². The van der Waals surface area contributed by atoms with Gasteiger partial charge >= 0.3 is 25.7 Å². The van der Waals surface area contributed by atoms with Gasteiger partial charge in [0, 0.05) is 44.3 Å². The Balaban J connectivity index is 1.35. The van der Waals surface area contributed by atoms with Crippen LogP contribution in [0.15, 0.2) is 35.9 Å². The summed E-state index contributed by atoms with van der Waals surface area (Å²) in [5, 5.41) is 0. The summed E-state index contributed by atoms with van der Waals surface area (Å²) in [6, 6.07) is 3.78. The molecule has 6 atom stereocenters. The van der Waals surface area contributed by atoms with Gasteiger partial charge in [-0.15, -0.1) is 0 Å². The van der Waals surface area contributed by atoms with E-state index in [9.17, 15) is 23.8 Å². The molecule has 1 N–H and O–H groups in total. The number of hydrogen-bond acceptors (Lipinski definition) is 12. The summed E-state index contributed by atoms with van der Waals surface area (Å²) in [5.41, 5.74) is 2.93. The lowest BCUT2D eigenvalue weighted by Crippen LogP contribution is -2.52. The average Bonchev–Trinajstić information content (AvgIpc) is 1.57. The minimum Gasteiger partial charge on any atom is -0.493 e. The molecule has 0 radical (unpaired) electrons. The molecule has 0 saturated carbocycles. The number of nitrogens with zero attached hydrogens (tertiary/aromatic N) is 1. The fraction of sp³-hybridized carbons (Fsp3) is 0.814. The molecule has 1 saturated heterocycles. The molecule has 0 aromatic heterocycles. The molecule has 1 aromatic carbocycles. The van der Waals surface area contributed by atoms with Gasteiger partial charge in [-0.1, -0.05) is 250 Å². The number of phosphoric acid groups is 1. The molecule has 2 heterocycles. The quantitative estimate of drug-likeness (QED) is 0.0216. The van der Waals surface area contributed by atoms with Crippen LogP contribution in [-0.2, 0) is 48.8 Å². The molecule has 1 fully saturated rings. The molecule has 0 spiro atoms. The van der Waals surface area contributed by atoms with E-state index in [-0.39, 0.29) is 31.9 Å². The highest BCUT2D eigenvalue weighted by atomic mass is 31.2. The van der Waals surface area contributed by atoms with Crippen molar-refractivity contribution >= 4 is 25.7 Å². The van der Waals surface area contributed by atoms with Crippen LogP contribution in [-0.4, -0.2) is 86.0 Å². The number of methoxy groups -OCH3 is 2. The largest absolute Gasteiger partial charge is 0.493 e. The number of fused-ring (bicyclic) bond motifs is 2. The molecule has 1 aromatic rings. The molecular formula is C70H120NO12P. The van der Waals surface area contributed by atoms with Crippen LogP contribution in [0.4, 0.5) is 0 Å². The average molecular weight is 1200 g/mol. The first kappa shape index (κ1) is 73.3. The van der Waals surface area contributed by atoms with Gasteiger partial charge in [0.1, 0.15) is 18.8 Å².